The van der Waals surface area contributed by atoms with E-state index in [1.54, 1.807) is 24.5 Å². The van der Waals surface area contributed by atoms with Crippen molar-refractivity contribution >= 4 is 0 Å². The van der Waals surface area contributed by atoms with E-state index < -0.39 is 6.10 Å². The molecule has 4 heteroatoms. The molecule has 0 saturated carbocycles. The van der Waals surface area contributed by atoms with Crippen LogP contribution in [-0.4, -0.2) is 16.7 Å². The second-order valence-corrected chi connectivity index (χ2v) is 5.36. The Morgan fingerprint density at radius 1 is 0.875 bits per heavy atom. The fourth-order valence-electron chi connectivity index (χ4n) is 2.26. The molecule has 0 amide bonds. The first-order valence-electron chi connectivity index (χ1n) is 7.79. The number of aliphatic hydroxyl groups is 1. The van der Waals surface area contributed by atoms with Crippen molar-refractivity contribution in [3.63, 3.8) is 0 Å². The van der Waals surface area contributed by atoms with E-state index >= 15 is 0 Å². The molecule has 0 spiro atoms. The molecule has 0 aliphatic carbocycles. The summed E-state index contributed by atoms with van der Waals surface area (Å²) in [5, 5.41) is 10.3. The molecule has 3 rings (SSSR count). The number of aliphatic hydroxyl groups excluding tert-OH is 1. The van der Waals surface area contributed by atoms with E-state index in [-0.39, 0.29) is 6.61 Å². The summed E-state index contributed by atoms with van der Waals surface area (Å²) in [6.07, 6.45) is 2.56. The van der Waals surface area contributed by atoms with Crippen molar-refractivity contribution in [3.05, 3.63) is 90.3 Å². The zero-order valence-electron chi connectivity index (χ0n) is 13.2. The highest BCUT2D eigenvalue weighted by Gasteiger charge is 2.10. The second kappa shape index (κ2) is 8.13. The fourth-order valence-corrected chi connectivity index (χ4v) is 2.26. The van der Waals surface area contributed by atoms with Crippen molar-refractivity contribution in [2.75, 3.05) is 6.61 Å². The molecule has 0 aliphatic heterocycles. The number of ether oxygens (including phenoxy) is 2. The minimum Gasteiger partial charge on any atom is -0.489 e. The maximum absolute atomic E-state index is 10.3. The Kier molecular flexibility index (Phi) is 5.43. The van der Waals surface area contributed by atoms with Gasteiger partial charge in [-0.25, -0.2) is 0 Å². The van der Waals surface area contributed by atoms with Crippen LogP contribution in [0.15, 0.2) is 79.1 Å². The van der Waals surface area contributed by atoms with Crippen molar-refractivity contribution in [2.45, 2.75) is 12.7 Å². The first kappa shape index (κ1) is 16.0. The normalized spacial score (nSPS) is 11.7. The van der Waals surface area contributed by atoms with Crippen LogP contribution in [0, 0.1) is 0 Å². The number of hydrogen-bond donors (Lipinski definition) is 1. The van der Waals surface area contributed by atoms with Gasteiger partial charge in [0.25, 0.3) is 0 Å². The molecule has 1 heterocycles. The summed E-state index contributed by atoms with van der Waals surface area (Å²) < 4.78 is 11.3. The van der Waals surface area contributed by atoms with Crippen LogP contribution in [0.25, 0.3) is 0 Å². The zero-order chi connectivity index (χ0) is 16.6. The van der Waals surface area contributed by atoms with E-state index in [4.69, 9.17) is 9.47 Å². The van der Waals surface area contributed by atoms with E-state index in [1.807, 2.05) is 54.6 Å². The van der Waals surface area contributed by atoms with Gasteiger partial charge < -0.3 is 14.6 Å². The minimum atomic E-state index is -0.731. The van der Waals surface area contributed by atoms with Crippen LogP contribution in [-0.2, 0) is 6.61 Å². The summed E-state index contributed by atoms with van der Waals surface area (Å²) >= 11 is 0. The van der Waals surface area contributed by atoms with Crippen molar-refractivity contribution in [1.29, 1.82) is 0 Å². The van der Waals surface area contributed by atoms with Crippen LogP contribution >= 0.6 is 0 Å². The van der Waals surface area contributed by atoms with Gasteiger partial charge in [-0.15, -0.1) is 0 Å². The first-order chi connectivity index (χ1) is 11.8. The minimum absolute atomic E-state index is 0.161. The molecule has 4 nitrogen and oxygen atoms in total. The maximum atomic E-state index is 10.3. The molecule has 2 aromatic carbocycles. The fraction of sp³-hybridized carbons (Fsp3) is 0.150. The third kappa shape index (κ3) is 4.57. The smallest absolute Gasteiger partial charge is 0.137 e. The molecule has 24 heavy (non-hydrogen) atoms. The molecule has 0 saturated heterocycles. The molecule has 1 atom stereocenters. The Bertz CT molecular complexity index is 747. The molecule has 3 aromatic rings. The van der Waals surface area contributed by atoms with Crippen molar-refractivity contribution in [2.24, 2.45) is 0 Å². The number of hydrogen-bond acceptors (Lipinski definition) is 4. The van der Waals surface area contributed by atoms with Crippen LogP contribution in [0.4, 0.5) is 0 Å². The lowest BCUT2D eigenvalue weighted by atomic mass is 10.1. The third-order valence-corrected chi connectivity index (χ3v) is 3.53. The van der Waals surface area contributed by atoms with Gasteiger partial charge in [-0.2, -0.15) is 0 Å². The van der Waals surface area contributed by atoms with Gasteiger partial charge in [0.15, 0.2) is 0 Å². The highest BCUT2D eigenvalue weighted by molar-refractivity contribution is 5.30. The maximum Gasteiger partial charge on any atom is 0.137 e. The van der Waals surface area contributed by atoms with Crippen LogP contribution in [0.3, 0.4) is 0 Å². The highest BCUT2D eigenvalue weighted by Crippen LogP contribution is 2.21. The van der Waals surface area contributed by atoms with Crippen molar-refractivity contribution in [3.8, 4) is 11.5 Å². The average Bonchev–Trinajstić information content (AvgIpc) is 2.66. The molecule has 122 valence electrons. The van der Waals surface area contributed by atoms with Gasteiger partial charge in [-0.05, 0) is 35.4 Å². The number of benzene rings is 2. The topological polar surface area (TPSA) is 51.6 Å². The largest absolute Gasteiger partial charge is 0.489 e. The van der Waals surface area contributed by atoms with Gasteiger partial charge >= 0.3 is 0 Å². The number of rotatable bonds is 7. The van der Waals surface area contributed by atoms with Crippen molar-refractivity contribution in [1.82, 2.24) is 4.98 Å². The summed E-state index contributed by atoms with van der Waals surface area (Å²) in [6.45, 7) is 0.653. The second-order valence-electron chi connectivity index (χ2n) is 5.36. The summed E-state index contributed by atoms with van der Waals surface area (Å²) in [6, 6.07) is 21.0. The van der Waals surface area contributed by atoms with E-state index in [9.17, 15) is 5.11 Å². The van der Waals surface area contributed by atoms with E-state index in [1.165, 1.54) is 0 Å². The Balaban J connectivity index is 1.57. The predicted octanol–water partition coefficient (Wildman–Crippen LogP) is 3.77. The highest BCUT2D eigenvalue weighted by atomic mass is 16.5. The SMILES string of the molecule is OC(COc1cccnc1)c1cccc(OCc2ccccc2)c1. The van der Waals surface area contributed by atoms with E-state index in [0.717, 1.165) is 16.9 Å². The lowest BCUT2D eigenvalue weighted by Gasteiger charge is -2.14. The van der Waals surface area contributed by atoms with Gasteiger partial charge in [0, 0.05) is 6.20 Å². The number of pyridine rings is 1. The average molecular weight is 321 g/mol. The summed E-state index contributed by atoms with van der Waals surface area (Å²) in [5.74, 6) is 1.35. The van der Waals surface area contributed by atoms with Crippen LogP contribution in [0.2, 0.25) is 0 Å². The molecular weight excluding hydrogens is 302 g/mol. The molecule has 1 N–H and O–H groups in total. The molecule has 0 aliphatic rings. The van der Waals surface area contributed by atoms with Crippen LogP contribution in [0.1, 0.15) is 17.2 Å². The molecule has 0 bridgehead atoms. The molecule has 0 fully saturated rings. The first-order valence-corrected chi connectivity index (χ1v) is 7.79. The van der Waals surface area contributed by atoms with Gasteiger partial charge in [0.05, 0.1) is 6.20 Å². The third-order valence-electron chi connectivity index (χ3n) is 3.53. The monoisotopic (exact) mass is 321 g/mol. The lowest BCUT2D eigenvalue weighted by Crippen LogP contribution is -2.10. The van der Waals surface area contributed by atoms with Gasteiger partial charge in [-0.3, -0.25) is 4.98 Å². The zero-order valence-corrected chi connectivity index (χ0v) is 13.2. The van der Waals surface area contributed by atoms with Gasteiger partial charge in [0.1, 0.15) is 30.8 Å². The molecule has 1 unspecified atom stereocenters. The molecule has 0 radical (unpaired) electrons. The Morgan fingerprint density at radius 3 is 2.50 bits per heavy atom. The van der Waals surface area contributed by atoms with Crippen LogP contribution in [0.5, 0.6) is 11.5 Å². The quantitative estimate of drug-likeness (QED) is 0.719. The molecule has 1 aromatic heterocycles. The summed E-state index contributed by atoms with van der Waals surface area (Å²) in [4.78, 5) is 3.98. The molecular formula is C20H19NO3. The number of nitrogens with zero attached hydrogens (tertiary/aromatic N) is 1. The van der Waals surface area contributed by atoms with E-state index in [0.29, 0.717) is 12.4 Å². The Labute approximate surface area is 141 Å². The van der Waals surface area contributed by atoms with E-state index in [2.05, 4.69) is 4.98 Å². The summed E-state index contributed by atoms with van der Waals surface area (Å²) in [7, 11) is 0. The predicted molar refractivity (Wildman–Crippen MR) is 91.9 cm³/mol. The van der Waals surface area contributed by atoms with Crippen LogP contribution < -0.4 is 9.47 Å². The van der Waals surface area contributed by atoms with Gasteiger partial charge in [-0.1, -0.05) is 42.5 Å². The Hall–Kier alpha value is -2.85. The van der Waals surface area contributed by atoms with Crippen molar-refractivity contribution < 1.29 is 14.6 Å². The standard InChI is InChI=1S/C20H19NO3/c22-20(15-24-19-10-5-11-21-13-19)17-8-4-9-18(12-17)23-14-16-6-2-1-3-7-16/h1-13,20,22H,14-15H2. The number of aromatic nitrogens is 1. The Morgan fingerprint density at radius 2 is 1.71 bits per heavy atom. The lowest BCUT2D eigenvalue weighted by molar-refractivity contribution is 0.107. The summed E-state index contributed by atoms with van der Waals surface area (Å²) in [5.41, 5.74) is 1.85. The van der Waals surface area contributed by atoms with Gasteiger partial charge in [0.2, 0.25) is 0 Å².